The van der Waals surface area contributed by atoms with E-state index in [0.29, 0.717) is 11.5 Å². The highest BCUT2D eigenvalue weighted by Gasteiger charge is 2.20. The Morgan fingerprint density at radius 3 is 2.50 bits per heavy atom. The van der Waals surface area contributed by atoms with Gasteiger partial charge < -0.3 is 14.6 Å². The van der Waals surface area contributed by atoms with Crippen molar-refractivity contribution < 1.29 is 24.2 Å². The molecule has 0 radical (unpaired) electrons. The summed E-state index contributed by atoms with van der Waals surface area (Å²) in [4.78, 5) is 22.9. The first-order valence-corrected chi connectivity index (χ1v) is 9.41. The van der Waals surface area contributed by atoms with E-state index in [4.69, 9.17) is 14.6 Å². The van der Waals surface area contributed by atoms with Crippen molar-refractivity contribution in [2.45, 2.75) is 36.8 Å². The SMILES string of the molecule is CC(=O)Oc1ccc(CSc2ccc(OCC(=O)O)c3c2CCC3)cc1. The number of rotatable bonds is 7. The molecule has 1 N–H and O–H groups in total. The second kappa shape index (κ2) is 8.27. The van der Waals surface area contributed by atoms with Gasteiger partial charge in [0.25, 0.3) is 0 Å². The molecule has 0 atom stereocenters. The van der Waals surface area contributed by atoms with Gasteiger partial charge in [-0.25, -0.2) is 4.79 Å². The number of fused-ring (bicyclic) bond motifs is 1. The fourth-order valence-corrected chi connectivity index (χ4v) is 4.11. The molecule has 0 unspecified atom stereocenters. The van der Waals surface area contributed by atoms with Gasteiger partial charge in [0.1, 0.15) is 11.5 Å². The van der Waals surface area contributed by atoms with Crippen molar-refractivity contribution in [3.05, 3.63) is 53.1 Å². The Bertz CT molecular complexity index is 814. The summed E-state index contributed by atoms with van der Waals surface area (Å²) in [7, 11) is 0. The number of thioether (sulfide) groups is 1. The Kier molecular flexibility index (Phi) is 5.83. The number of carboxylic acids is 1. The van der Waals surface area contributed by atoms with Crippen molar-refractivity contribution in [3.63, 3.8) is 0 Å². The lowest BCUT2D eigenvalue weighted by atomic mass is 10.1. The van der Waals surface area contributed by atoms with Crippen LogP contribution in [-0.4, -0.2) is 23.7 Å². The maximum absolute atomic E-state index is 11.0. The van der Waals surface area contributed by atoms with Gasteiger partial charge >= 0.3 is 11.9 Å². The van der Waals surface area contributed by atoms with Gasteiger partial charge in [0.05, 0.1) is 0 Å². The smallest absolute Gasteiger partial charge is 0.341 e. The first-order chi connectivity index (χ1) is 12.5. The van der Waals surface area contributed by atoms with Crippen LogP contribution in [0.4, 0.5) is 0 Å². The zero-order chi connectivity index (χ0) is 18.5. The summed E-state index contributed by atoms with van der Waals surface area (Å²) < 4.78 is 10.5. The molecule has 0 saturated carbocycles. The summed E-state index contributed by atoms with van der Waals surface area (Å²) in [6, 6.07) is 11.4. The number of carbonyl (C=O) groups excluding carboxylic acids is 1. The average Bonchev–Trinajstić information content (AvgIpc) is 3.09. The molecule has 0 fully saturated rings. The van der Waals surface area contributed by atoms with E-state index < -0.39 is 5.97 Å². The van der Waals surface area contributed by atoms with Crippen LogP contribution >= 0.6 is 11.8 Å². The summed E-state index contributed by atoms with van der Waals surface area (Å²) >= 11 is 1.75. The minimum absolute atomic E-state index is 0.312. The van der Waals surface area contributed by atoms with Crippen molar-refractivity contribution in [2.24, 2.45) is 0 Å². The summed E-state index contributed by atoms with van der Waals surface area (Å²) in [6.45, 7) is 1.07. The molecule has 0 aliphatic heterocycles. The van der Waals surface area contributed by atoms with Gasteiger partial charge in [-0.2, -0.15) is 0 Å². The molecule has 6 heteroatoms. The lowest BCUT2D eigenvalue weighted by Crippen LogP contribution is -2.10. The molecule has 3 rings (SSSR count). The molecule has 26 heavy (non-hydrogen) atoms. The van der Waals surface area contributed by atoms with E-state index in [-0.39, 0.29) is 12.6 Å². The van der Waals surface area contributed by atoms with Crippen molar-refractivity contribution in [1.29, 1.82) is 0 Å². The van der Waals surface area contributed by atoms with E-state index in [1.165, 1.54) is 17.4 Å². The van der Waals surface area contributed by atoms with Crippen molar-refractivity contribution in [3.8, 4) is 11.5 Å². The lowest BCUT2D eigenvalue weighted by Gasteiger charge is -2.13. The molecular weight excluding hydrogens is 352 g/mol. The lowest BCUT2D eigenvalue weighted by molar-refractivity contribution is -0.139. The van der Waals surface area contributed by atoms with Crippen LogP contribution in [0.2, 0.25) is 0 Å². The second-order valence-corrected chi connectivity index (χ2v) is 7.10. The number of carboxylic acid groups (broad SMARTS) is 1. The summed E-state index contributed by atoms with van der Waals surface area (Å²) in [5.41, 5.74) is 3.56. The molecule has 0 heterocycles. The van der Waals surface area contributed by atoms with Crippen LogP contribution in [0, 0.1) is 0 Å². The van der Waals surface area contributed by atoms with E-state index >= 15 is 0 Å². The standard InChI is InChI=1S/C20H20O5S/c1-13(21)25-15-7-5-14(6-8-15)12-26-19-10-9-18(24-11-20(22)23)16-3-2-4-17(16)19/h5-10H,2-4,11-12H2,1H3,(H,22,23). The topological polar surface area (TPSA) is 72.8 Å². The van der Waals surface area contributed by atoms with Crippen LogP contribution < -0.4 is 9.47 Å². The fourth-order valence-electron chi connectivity index (χ4n) is 3.03. The van der Waals surface area contributed by atoms with Gasteiger partial charge in [-0.05, 0) is 60.2 Å². The summed E-state index contributed by atoms with van der Waals surface area (Å²) in [5, 5.41) is 8.80. The third-order valence-corrected chi connectivity index (χ3v) is 5.30. The van der Waals surface area contributed by atoms with Gasteiger partial charge in [0.15, 0.2) is 6.61 Å². The highest BCUT2D eigenvalue weighted by Crippen LogP contribution is 2.38. The predicted octanol–water partition coefficient (Wildman–Crippen LogP) is 3.86. The molecule has 0 bridgehead atoms. The largest absolute Gasteiger partial charge is 0.482 e. The van der Waals surface area contributed by atoms with Crippen LogP contribution in [0.25, 0.3) is 0 Å². The highest BCUT2D eigenvalue weighted by molar-refractivity contribution is 7.98. The Hall–Kier alpha value is -2.47. The van der Waals surface area contributed by atoms with Crippen LogP contribution in [0.3, 0.4) is 0 Å². The van der Waals surface area contributed by atoms with E-state index in [1.54, 1.807) is 23.9 Å². The predicted molar refractivity (Wildman–Crippen MR) is 98.9 cm³/mol. The molecule has 0 spiro atoms. The zero-order valence-corrected chi connectivity index (χ0v) is 15.3. The quantitative estimate of drug-likeness (QED) is 0.452. The summed E-state index contributed by atoms with van der Waals surface area (Å²) in [6.07, 6.45) is 2.98. The Balaban J connectivity index is 1.67. The molecule has 1 aliphatic carbocycles. The third-order valence-electron chi connectivity index (χ3n) is 4.13. The molecule has 2 aromatic rings. The molecule has 0 amide bonds. The molecule has 0 aromatic heterocycles. The number of hydrogen-bond donors (Lipinski definition) is 1. The monoisotopic (exact) mass is 372 g/mol. The second-order valence-electron chi connectivity index (χ2n) is 6.08. The van der Waals surface area contributed by atoms with Gasteiger partial charge in [0.2, 0.25) is 0 Å². The molecule has 2 aromatic carbocycles. The molecular formula is C20H20O5S. The van der Waals surface area contributed by atoms with Crippen LogP contribution in [0.5, 0.6) is 11.5 Å². The molecule has 136 valence electrons. The van der Waals surface area contributed by atoms with E-state index in [2.05, 4.69) is 0 Å². The number of benzene rings is 2. The van der Waals surface area contributed by atoms with E-state index in [0.717, 1.165) is 36.1 Å². The maximum Gasteiger partial charge on any atom is 0.341 e. The number of esters is 1. The van der Waals surface area contributed by atoms with E-state index in [9.17, 15) is 9.59 Å². The Labute approximate surface area is 156 Å². The Morgan fingerprint density at radius 2 is 1.81 bits per heavy atom. The average molecular weight is 372 g/mol. The summed E-state index contributed by atoms with van der Waals surface area (Å²) in [5.74, 6) is 0.754. The van der Waals surface area contributed by atoms with Crippen molar-refractivity contribution in [2.75, 3.05) is 6.61 Å². The first kappa shape index (κ1) is 18.3. The maximum atomic E-state index is 11.0. The van der Waals surface area contributed by atoms with Crippen molar-refractivity contribution >= 4 is 23.7 Å². The molecule has 5 nitrogen and oxygen atoms in total. The number of carbonyl (C=O) groups is 2. The van der Waals surface area contributed by atoms with Crippen LogP contribution in [0.1, 0.15) is 30.0 Å². The van der Waals surface area contributed by atoms with Gasteiger partial charge in [-0.1, -0.05) is 12.1 Å². The number of hydrogen-bond acceptors (Lipinski definition) is 5. The fraction of sp³-hybridized carbons (Fsp3) is 0.300. The number of ether oxygens (including phenoxy) is 2. The number of aliphatic carboxylic acids is 1. The highest BCUT2D eigenvalue weighted by atomic mass is 32.2. The zero-order valence-electron chi connectivity index (χ0n) is 14.5. The van der Waals surface area contributed by atoms with Gasteiger partial charge in [-0.3, -0.25) is 4.79 Å². The van der Waals surface area contributed by atoms with Crippen LogP contribution in [-0.2, 0) is 28.2 Å². The van der Waals surface area contributed by atoms with Crippen LogP contribution in [0.15, 0.2) is 41.3 Å². The third kappa shape index (κ3) is 4.58. The van der Waals surface area contributed by atoms with Gasteiger partial charge in [-0.15, -0.1) is 11.8 Å². The van der Waals surface area contributed by atoms with Gasteiger partial charge in [0, 0.05) is 17.6 Å². The normalized spacial score (nSPS) is 12.5. The first-order valence-electron chi connectivity index (χ1n) is 8.42. The molecule has 1 aliphatic rings. The molecule has 0 saturated heterocycles. The minimum atomic E-state index is -0.965. The minimum Gasteiger partial charge on any atom is -0.482 e. The van der Waals surface area contributed by atoms with E-state index in [1.807, 2.05) is 24.3 Å². The van der Waals surface area contributed by atoms with Crippen molar-refractivity contribution in [1.82, 2.24) is 0 Å². The Morgan fingerprint density at radius 1 is 1.08 bits per heavy atom.